The molecule has 2 aromatic carbocycles. The molecule has 2 aromatic rings. The van der Waals surface area contributed by atoms with Gasteiger partial charge in [0.2, 0.25) is 0 Å². The van der Waals surface area contributed by atoms with Crippen molar-refractivity contribution < 1.29 is 9.90 Å². The molecule has 2 N–H and O–H groups in total. The molecular weight excluding hydrogens is 286 g/mol. The number of benzene rings is 2. The monoisotopic (exact) mass is 309 g/mol. The van der Waals surface area contributed by atoms with Crippen LogP contribution in [0.3, 0.4) is 0 Å². The maximum atomic E-state index is 10.9. The highest BCUT2D eigenvalue weighted by Crippen LogP contribution is 2.51. The zero-order valence-electron chi connectivity index (χ0n) is 13.7. The average molecular weight is 309 g/mol. The first kappa shape index (κ1) is 15.8. The molecular formula is C20H23NO2. The number of rotatable bonds is 6. The fourth-order valence-corrected chi connectivity index (χ4v) is 3.32. The molecule has 3 rings (SSSR count). The van der Waals surface area contributed by atoms with Crippen LogP contribution in [-0.4, -0.2) is 16.6 Å². The van der Waals surface area contributed by atoms with Gasteiger partial charge in [-0.1, -0.05) is 56.3 Å². The van der Waals surface area contributed by atoms with Crippen molar-refractivity contribution in [3.05, 3.63) is 71.3 Å². The highest BCUT2D eigenvalue weighted by atomic mass is 16.4. The number of carboxylic acids is 1. The lowest BCUT2D eigenvalue weighted by Crippen LogP contribution is -2.47. The van der Waals surface area contributed by atoms with Crippen LogP contribution in [0, 0.1) is 0 Å². The van der Waals surface area contributed by atoms with Gasteiger partial charge >= 0.3 is 5.97 Å². The van der Waals surface area contributed by atoms with Crippen molar-refractivity contribution in [1.29, 1.82) is 0 Å². The zero-order chi connectivity index (χ0) is 16.5. The van der Waals surface area contributed by atoms with Crippen LogP contribution in [-0.2, 0) is 12.0 Å². The summed E-state index contributed by atoms with van der Waals surface area (Å²) in [6.07, 6.45) is 2.34. The summed E-state index contributed by atoms with van der Waals surface area (Å²) in [5.74, 6) is -0.881. The van der Waals surface area contributed by atoms with Crippen molar-refractivity contribution in [3.8, 4) is 0 Å². The third-order valence-corrected chi connectivity index (χ3v) is 5.27. The molecule has 3 nitrogen and oxygen atoms in total. The minimum absolute atomic E-state index is 0.0647. The van der Waals surface area contributed by atoms with Gasteiger partial charge in [0.15, 0.2) is 0 Å². The van der Waals surface area contributed by atoms with Gasteiger partial charge in [0.1, 0.15) is 0 Å². The topological polar surface area (TPSA) is 49.3 Å². The minimum atomic E-state index is -0.881. The third-order valence-electron chi connectivity index (χ3n) is 5.27. The van der Waals surface area contributed by atoms with Crippen molar-refractivity contribution >= 4 is 5.97 Å². The second-order valence-electron chi connectivity index (χ2n) is 6.93. The minimum Gasteiger partial charge on any atom is -0.478 e. The molecule has 0 aliphatic heterocycles. The highest BCUT2D eigenvalue weighted by Gasteiger charge is 2.54. The van der Waals surface area contributed by atoms with E-state index in [1.807, 2.05) is 12.1 Å². The van der Waals surface area contributed by atoms with Gasteiger partial charge in [-0.15, -0.1) is 0 Å². The number of nitrogens with one attached hydrogen (secondary N) is 1. The summed E-state index contributed by atoms with van der Waals surface area (Å²) in [5, 5.41) is 12.7. The van der Waals surface area contributed by atoms with Gasteiger partial charge in [-0.2, -0.15) is 0 Å². The summed E-state index contributed by atoms with van der Waals surface area (Å²) >= 11 is 0. The van der Waals surface area contributed by atoms with Crippen molar-refractivity contribution in [2.24, 2.45) is 0 Å². The molecule has 1 aliphatic rings. The second kappa shape index (κ2) is 5.82. The lowest BCUT2D eigenvalue weighted by molar-refractivity contribution is 0.0697. The Bertz CT molecular complexity index is 685. The van der Waals surface area contributed by atoms with E-state index in [4.69, 9.17) is 5.11 Å². The van der Waals surface area contributed by atoms with Gasteiger partial charge in [-0.05, 0) is 36.1 Å². The summed E-state index contributed by atoms with van der Waals surface area (Å²) in [6, 6.07) is 17.8. The van der Waals surface area contributed by atoms with Crippen LogP contribution in [0.4, 0.5) is 0 Å². The van der Waals surface area contributed by atoms with Gasteiger partial charge in [-0.3, -0.25) is 0 Å². The standard InChI is InChI=1S/C20H23NO2/c1-19(2,17-6-4-3-5-7-17)20(12-13-20)21-14-15-8-10-16(11-9-15)18(22)23/h3-11,21H,12-14H2,1-2H3,(H,22,23). The van der Waals surface area contributed by atoms with Crippen LogP contribution in [0.2, 0.25) is 0 Å². The predicted octanol–water partition coefficient (Wildman–Crippen LogP) is 3.98. The van der Waals surface area contributed by atoms with Gasteiger partial charge in [0.25, 0.3) is 0 Å². The SMILES string of the molecule is CC(C)(c1ccccc1)C1(NCc2ccc(C(=O)O)cc2)CC1. The lowest BCUT2D eigenvalue weighted by atomic mass is 9.75. The molecule has 0 aromatic heterocycles. The van der Waals surface area contributed by atoms with E-state index >= 15 is 0 Å². The van der Waals surface area contributed by atoms with Crippen LogP contribution in [0.5, 0.6) is 0 Å². The summed E-state index contributed by atoms with van der Waals surface area (Å²) in [6.45, 7) is 5.36. The smallest absolute Gasteiger partial charge is 0.335 e. The summed E-state index contributed by atoms with van der Waals surface area (Å²) < 4.78 is 0. The van der Waals surface area contributed by atoms with Crippen molar-refractivity contribution in [2.45, 2.75) is 44.2 Å². The molecule has 1 aliphatic carbocycles. The van der Waals surface area contributed by atoms with E-state index in [1.54, 1.807) is 12.1 Å². The number of aromatic carboxylic acids is 1. The Morgan fingerprint density at radius 3 is 2.22 bits per heavy atom. The molecule has 0 heterocycles. The molecule has 120 valence electrons. The predicted molar refractivity (Wildman–Crippen MR) is 91.7 cm³/mol. The molecule has 0 unspecified atom stereocenters. The van der Waals surface area contributed by atoms with Crippen LogP contribution in [0.25, 0.3) is 0 Å². The van der Waals surface area contributed by atoms with E-state index in [0.717, 1.165) is 12.1 Å². The van der Waals surface area contributed by atoms with E-state index in [0.29, 0.717) is 5.56 Å². The molecule has 1 saturated carbocycles. The van der Waals surface area contributed by atoms with Gasteiger partial charge in [0, 0.05) is 17.5 Å². The zero-order valence-corrected chi connectivity index (χ0v) is 13.7. The fraction of sp³-hybridized carbons (Fsp3) is 0.350. The first-order valence-corrected chi connectivity index (χ1v) is 8.07. The molecule has 0 atom stereocenters. The van der Waals surface area contributed by atoms with Crippen molar-refractivity contribution in [2.75, 3.05) is 0 Å². The molecule has 0 spiro atoms. The molecule has 3 heteroatoms. The highest BCUT2D eigenvalue weighted by molar-refractivity contribution is 5.87. The first-order chi connectivity index (χ1) is 10.9. The Balaban J connectivity index is 1.71. The van der Waals surface area contributed by atoms with E-state index in [9.17, 15) is 4.79 Å². The van der Waals surface area contributed by atoms with Gasteiger partial charge in [0.05, 0.1) is 5.56 Å². The Morgan fingerprint density at radius 2 is 1.70 bits per heavy atom. The number of hydrogen-bond acceptors (Lipinski definition) is 2. The van der Waals surface area contributed by atoms with Crippen LogP contribution in [0.1, 0.15) is 48.2 Å². The largest absolute Gasteiger partial charge is 0.478 e. The van der Waals surface area contributed by atoms with E-state index in [-0.39, 0.29) is 11.0 Å². The van der Waals surface area contributed by atoms with E-state index in [2.05, 4.69) is 49.5 Å². The molecule has 0 amide bonds. The van der Waals surface area contributed by atoms with Gasteiger partial charge < -0.3 is 10.4 Å². The Labute approximate surface area is 137 Å². The second-order valence-corrected chi connectivity index (χ2v) is 6.93. The van der Waals surface area contributed by atoms with Crippen molar-refractivity contribution in [1.82, 2.24) is 5.32 Å². The number of hydrogen-bond donors (Lipinski definition) is 2. The normalized spacial score (nSPS) is 16.1. The van der Waals surface area contributed by atoms with E-state index in [1.165, 1.54) is 18.4 Å². The maximum Gasteiger partial charge on any atom is 0.335 e. The summed E-state index contributed by atoms with van der Waals surface area (Å²) in [4.78, 5) is 10.9. The number of carbonyl (C=O) groups is 1. The molecule has 23 heavy (non-hydrogen) atoms. The fourth-order valence-electron chi connectivity index (χ4n) is 3.32. The first-order valence-electron chi connectivity index (χ1n) is 8.07. The van der Waals surface area contributed by atoms with Crippen LogP contribution in [0.15, 0.2) is 54.6 Å². The summed E-state index contributed by atoms with van der Waals surface area (Å²) in [7, 11) is 0. The third kappa shape index (κ3) is 3.02. The van der Waals surface area contributed by atoms with Crippen LogP contribution >= 0.6 is 0 Å². The molecule has 0 bridgehead atoms. The molecule has 0 radical (unpaired) electrons. The quantitative estimate of drug-likeness (QED) is 0.848. The lowest BCUT2D eigenvalue weighted by Gasteiger charge is -2.36. The van der Waals surface area contributed by atoms with Crippen molar-refractivity contribution in [3.63, 3.8) is 0 Å². The van der Waals surface area contributed by atoms with E-state index < -0.39 is 5.97 Å². The Hall–Kier alpha value is -2.13. The summed E-state index contributed by atoms with van der Waals surface area (Å²) in [5.41, 5.74) is 2.99. The number of carboxylic acid groups (broad SMARTS) is 1. The molecule has 1 fully saturated rings. The molecule has 0 saturated heterocycles. The maximum absolute atomic E-state index is 10.9. The van der Waals surface area contributed by atoms with Gasteiger partial charge in [-0.25, -0.2) is 4.79 Å². The average Bonchev–Trinajstić information content (AvgIpc) is 3.36. The van der Waals surface area contributed by atoms with Crippen LogP contribution < -0.4 is 5.32 Å². The Morgan fingerprint density at radius 1 is 1.09 bits per heavy atom. The Kier molecular flexibility index (Phi) is 3.99.